The van der Waals surface area contributed by atoms with E-state index in [1.54, 1.807) is 0 Å². The van der Waals surface area contributed by atoms with Crippen molar-refractivity contribution in [3.05, 3.63) is 23.3 Å². The molecular formula is C13H17NO6. The number of aliphatic hydroxyl groups excluding tert-OH is 2. The van der Waals surface area contributed by atoms with E-state index < -0.39 is 5.91 Å². The summed E-state index contributed by atoms with van der Waals surface area (Å²) in [6.45, 7) is -0.549. The van der Waals surface area contributed by atoms with Crippen molar-refractivity contribution in [3.63, 3.8) is 0 Å². The third-order valence-electron chi connectivity index (χ3n) is 2.71. The number of rotatable bonds is 7. The third-order valence-corrected chi connectivity index (χ3v) is 2.71. The molecule has 0 saturated heterocycles. The molecule has 1 amide bonds. The highest BCUT2D eigenvalue weighted by molar-refractivity contribution is 5.99. The van der Waals surface area contributed by atoms with Crippen molar-refractivity contribution in [2.75, 3.05) is 33.4 Å². The number of hydrogen-bond donors (Lipinski definition) is 3. The zero-order valence-corrected chi connectivity index (χ0v) is 11.1. The molecule has 0 aliphatic heterocycles. The van der Waals surface area contributed by atoms with Crippen molar-refractivity contribution < 1.29 is 29.6 Å². The van der Waals surface area contributed by atoms with E-state index in [-0.39, 0.29) is 48.9 Å². The maximum atomic E-state index is 12.3. The molecule has 7 heteroatoms. The van der Waals surface area contributed by atoms with Crippen LogP contribution in [0.2, 0.25) is 0 Å². The summed E-state index contributed by atoms with van der Waals surface area (Å²) in [5.41, 5.74) is 0.0595. The lowest BCUT2D eigenvalue weighted by Gasteiger charge is -2.21. The fraction of sp³-hybridized carbons (Fsp3) is 0.385. The van der Waals surface area contributed by atoms with Crippen molar-refractivity contribution in [3.8, 4) is 11.5 Å². The van der Waals surface area contributed by atoms with Crippen LogP contribution in [0.1, 0.15) is 20.7 Å². The summed E-state index contributed by atoms with van der Waals surface area (Å²) < 4.78 is 4.90. The number of carbonyl (C=O) groups is 2. The van der Waals surface area contributed by atoms with Crippen LogP contribution < -0.4 is 4.74 Å². The minimum atomic E-state index is -0.604. The number of nitrogens with zero attached hydrogens (tertiary/aromatic N) is 1. The first-order valence-electron chi connectivity index (χ1n) is 5.96. The number of methoxy groups -OCH3 is 1. The Morgan fingerprint density at radius 3 is 2.35 bits per heavy atom. The van der Waals surface area contributed by atoms with Crippen LogP contribution in [0, 0.1) is 0 Å². The molecule has 1 aromatic carbocycles. The summed E-state index contributed by atoms with van der Waals surface area (Å²) in [7, 11) is 1.30. The van der Waals surface area contributed by atoms with E-state index in [2.05, 4.69) is 0 Å². The summed E-state index contributed by atoms with van der Waals surface area (Å²) in [5.74, 6) is -0.984. The SMILES string of the molecule is COc1cc(C=O)cc(C(=O)N(CCO)CCO)c1O. The van der Waals surface area contributed by atoms with Gasteiger partial charge < -0.3 is 25.0 Å². The summed E-state index contributed by atoms with van der Waals surface area (Å²) in [6, 6.07) is 2.54. The van der Waals surface area contributed by atoms with Gasteiger partial charge in [0, 0.05) is 18.7 Å². The van der Waals surface area contributed by atoms with Crippen molar-refractivity contribution in [1.29, 1.82) is 0 Å². The van der Waals surface area contributed by atoms with Gasteiger partial charge >= 0.3 is 0 Å². The second-order valence-corrected chi connectivity index (χ2v) is 3.98. The van der Waals surface area contributed by atoms with Crippen molar-refractivity contribution in [2.45, 2.75) is 0 Å². The zero-order chi connectivity index (χ0) is 15.1. The Labute approximate surface area is 116 Å². The molecule has 0 atom stereocenters. The average molecular weight is 283 g/mol. The summed E-state index contributed by atoms with van der Waals surface area (Å²) in [5, 5.41) is 27.8. The molecule has 110 valence electrons. The van der Waals surface area contributed by atoms with Gasteiger partial charge in [0.25, 0.3) is 5.91 Å². The standard InChI is InChI=1S/C13H17NO6/c1-20-11-7-9(8-17)6-10(12(11)18)13(19)14(2-4-15)3-5-16/h6-8,15-16,18H,2-5H2,1H3. The number of aliphatic hydroxyl groups is 2. The fourth-order valence-corrected chi connectivity index (χ4v) is 1.74. The highest BCUT2D eigenvalue weighted by Crippen LogP contribution is 2.31. The largest absolute Gasteiger partial charge is 0.504 e. The normalized spacial score (nSPS) is 10.2. The van der Waals surface area contributed by atoms with Crippen molar-refractivity contribution in [1.82, 2.24) is 4.90 Å². The van der Waals surface area contributed by atoms with E-state index in [4.69, 9.17) is 14.9 Å². The highest BCUT2D eigenvalue weighted by Gasteiger charge is 2.21. The lowest BCUT2D eigenvalue weighted by atomic mass is 10.1. The Morgan fingerprint density at radius 2 is 1.90 bits per heavy atom. The molecule has 20 heavy (non-hydrogen) atoms. The molecular weight excluding hydrogens is 266 g/mol. The lowest BCUT2D eigenvalue weighted by Crippen LogP contribution is -2.36. The number of phenols is 1. The van der Waals surface area contributed by atoms with Crippen LogP contribution in [0.5, 0.6) is 11.5 Å². The van der Waals surface area contributed by atoms with Crippen LogP contribution in [0.3, 0.4) is 0 Å². The number of benzene rings is 1. The topological polar surface area (TPSA) is 107 Å². The second-order valence-electron chi connectivity index (χ2n) is 3.98. The first-order valence-corrected chi connectivity index (χ1v) is 5.96. The molecule has 1 aromatic rings. The van der Waals surface area contributed by atoms with E-state index >= 15 is 0 Å². The molecule has 0 aliphatic rings. The Bertz CT molecular complexity index is 482. The molecule has 3 N–H and O–H groups in total. The van der Waals surface area contributed by atoms with E-state index in [0.29, 0.717) is 6.29 Å². The lowest BCUT2D eigenvalue weighted by molar-refractivity contribution is 0.0681. The molecule has 7 nitrogen and oxygen atoms in total. The van der Waals surface area contributed by atoms with E-state index in [0.717, 1.165) is 0 Å². The third kappa shape index (κ3) is 3.46. The number of phenolic OH excluding ortho intramolecular Hbond substituents is 1. The fourth-order valence-electron chi connectivity index (χ4n) is 1.74. The predicted octanol–water partition coefficient (Wildman–Crippen LogP) is -0.360. The number of hydrogen-bond acceptors (Lipinski definition) is 6. The molecule has 0 bridgehead atoms. The van der Waals surface area contributed by atoms with Gasteiger partial charge in [-0.1, -0.05) is 0 Å². The first kappa shape index (κ1) is 15.9. The van der Waals surface area contributed by atoms with Gasteiger partial charge in [-0.15, -0.1) is 0 Å². The molecule has 0 unspecified atom stereocenters. The van der Waals surface area contributed by atoms with Crippen molar-refractivity contribution >= 4 is 12.2 Å². The van der Waals surface area contributed by atoms with Gasteiger partial charge in [0.1, 0.15) is 6.29 Å². The van der Waals surface area contributed by atoms with Crippen LogP contribution in [-0.2, 0) is 0 Å². The van der Waals surface area contributed by atoms with Gasteiger partial charge in [0.2, 0.25) is 0 Å². The monoisotopic (exact) mass is 283 g/mol. The Morgan fingerprint density at radius 1 is 1.30 bits per heavy atom. The maximum Gasteiger partial charge on any atom is 0.257 e. The number of amides is 1. The number of carbonyl (C=O) groups excluding carboxylic acids is 2. The predicted molar refractivity (Wildman–Crippen MR) is 70.1 cm³/mol. The minimum Gasteiger partial charge on any atom is -0.504 e. The first-order chi connectivity index (χ1) is 9.58. The zero-order valence-electron chi connectivity index (χ0n) is 11.1. The molecule has 0 heterocycles. The molecule has 1 rings (SSSR count). The minimum absolute atomic E-state index is 0.00546. The van der Waals surface area contributed by atoms with E-state index in [1.807, 2.05) is 0 Å². The van der Waals surface area contributed by atoms with Gasteiger partial charge in [-0.25, -0.2) is 0 Å². The van der Waals surface area contributed by atoms with Gasteiger partial charge in [-0.05, 0) is 12.1 Å². The molecule has 0 aliphatic carbocycles. The number of ether oxygens (including phenoxy) is 1. The quantitative estimate of drug-likeness (QED) is 0.590. The summed E-state index contributed by atoms with van der Waals surface area (Å²) in [6.07, 6.45) is 0.529. The Balaban J connectivity index is 3.21. The van der Waals surface area contributed by atoms with Crippen molar-refractivity contribution in [2.24, 2.45) is 0 Å². The smallest absolute Gasteiger partial charge is 0.257 e. The number of aldehydes is 1. The van der Waals surface area contributed by atoms with Gasteiger partial charge in [-0.3, -0.25) is 9.59 Å². The Kier molecular flexibility index (Phi) is 5.95. The van der Waals surface area contributed by atoms with Gasteiger partial charge in [0.15, 0.2) is 11.5 Å². The second kappa shape index (κ2) is 7.46. The van der Waals surface area contributed by atoms with Gasteiger partial charge in [-0.2, -0.15) is 0 Å². The van der Waals surface area contributed by atoms with Crippen LogP contribution in [0.15, 0.2) is 12.1 Å². The molecule has 0 fully saturated rings. The molecule has 0 aromatic heterocycles. The van der Waals surface area contributed by atoms with E-state index in [1.165, 1.54) is 24.1 Å². The number of aromatic hydroxyl groups is 1. The van der Waals surface area contributed by atoms with Crippen LogP contribution in [0.4, 0.5) is 0 Å². The maximum absolute atomic E-state index is 12.3. The van der Waals surface area contributed by atoms with Gasteiger partial charge in [0.05, 0.1) is 25.9 Å². The van der Waals surface area contributed by atoms with Crippen LogP contribution >= 0.6 is 0 Å². The summed E-state index contributed by atoms with van der Waals surface area (Å²) >= 11 is 0. The van der Waals surface area contributed by atoms with E-state index in [9.17, 15) is 14.7 Å². The Hall–Kier alpha value is -2.12. The molecule has 0 saturated carbocycles. The molecule has 0 radical (unpaired) electrons. The van der Waals surface area contributed by atoms with Crippen LogP contribution in [0.25, 0.3) is 0 Å². The van der Waals surface area contributed by atoms with Crippen LogP contribution in [-0.4, -0.2) is 65.8 Å². The average Bonchev–Trinajstić information content (AvgIpc) is 2.46. The highest BCUT2D eigenvalue weighted by atomic mass is 16.5. The molecule has 0 spiro atoms. The summed E-state index contributed by atoms with van der Waals surface area (Å²) in [4.78, 5) is 24.3.